The Bertz CT molecular complexity index is 560. The molecule has 0 unspecified atom stereocenters. The molecule has 2 aromatic rings. The van der Waals surface area contributed by atoms with Crippen LogP contribution in [-0.2, 0) is 0 Å². The summed E-state index contributed by atoms with van der Waals surface area (Å²) in [5.74, 6) is 0.414. The average Bonchev–Trinajstić information content (AvgIpc) is 3.18. The molecule has 0 spiro atoms. The average molecular weight is 284 g/mol. The molecule has 2 heterocycles. The van der Waals surface area contributed by atoms with Gasteiger partial charge in [0.1, 0.15) is 0 Å². The zero-order valence-corrected chi connectivity index (χ0v) is 11.5. The van der Waals surface area contributed by atoms with Crippen molar-refractivity contribution >= 4 is 11.6 Å². The minimum absolute atomic E-state index is 0.136. The first-order chi connectivity index (χ1) is 10.3. The molecule has 2 aromatic heterocycles. The summed E-state index contributed by atoms with van der Waals surface area (Å²) in [5, 5.41) is 0. The molecule has 0 aliphatic rings. The first-order valence-corrected chi connectivity index (χ1v) is 6.76. The summed E-state index contributed by atoms with van der Waals surface area (Å²) in [7, 11) is 0. The Morgan fingerprint density at radius 2 is 1.33 bits per heavy atom. The van der Waals surface area contributed by atoms with Gasteiger partial charge in [-0.3, -0.25) is 9.59 Å². The molecule has 0 aliphatic carbocycles. The molecule has 0 N–H and O–H groups in total. The second-order valence-corrected chi connectivity index (χ2v) is 4.42. The molecule has 0 aromatic carbocycles. The SMILES string of the molecule is O=C(/C=C/CCC/C=C/C(=O)c1ccco1)c1ccco1. The third kappa shape index (κ3) is 4.76. The van der Waals surface area contributed by atoms with Crippen molar-refractivity contribution in [3.05, 3.63) is 72.6 Å². The standard InChI is InChI=1S/C17H16O4/c18-14(16-10-6-12-20-16)8-4-2-1-3-5-9-15(19)17-11-7-13-21-17/h4-13H,1-3H2/b8-4+,9-5+. The van der Waals surface area contributed by atoms with Crippen LogP contribution in [0.1, 0.15) is 40.4 Å². The summed E-state index contributed by atoms with van der Waals surface area (Å²) in [6.07, 6.45) is 12.0. The van der Waals surface area contributed by atoms with Crippen LogP contribution in [0.5, 0.6) is 0 Å². The maximum atomic E-state index is 11.6. The molecule has 108 valence electrons. The molecular formula is C17H16O4. The fraction of sp³-hybridized carbons (Fsp3) is 0.176. The smallest absolute Gasteiger partial charge is 0.220 e. The predicted octanol–water partition coefficient (Wildman–Crippen LogP) is 4.22. The van der Waals surface area contributed by atoms with E-state index in [2.05, 4.69) is 0 Å². The molecule has 21 heavy (non-hydrogen) atoms. The van der Waals surface area contributed by atoms with Crippen LogP contribution in [0.2, 0.25) is 0 Å². The van der Waals surface area contributed by atoms with E-state index in [4.69, 9.17) is 8.83 Å². The van der Waals surface area contributed by atoms with Gasteiger partial charge >= 0.3 is 0 Å². The maximum Gasteiger partial charge on any atom is 0.220 e. The monoisotopic (exact) mass is 284 g/mol. The highest BCUT2D eigenvalue weighted by atomic mass is 16.3. The number of hydrogen-bond donors (Lipinski definition) is 0. The zero-order valence-electron chi connectivity index (χ0n) is 11.5. The quantitative estimate of drug-likeness (QED) is 0.413. The van der Waals surface area contributed by atoms with Crippen LogP contribution in [0.3, 0.4) is 0 Å². The molecule has 4 nitrogen and oxygen atoms in total. The Morgan fingerprint density at radius 3 is 1.71 bits per heavy atom. The van der Waals surface area contributed by atoms with Crippen LogP contribution < -0.4 is 0 Å². The number of furan rings is 2. The summed E-state index contributed by atoms with van der Waals surface area (Å²) in [4.78, 5) is 23.1. The van der Waals surface area contributed by atoms with Crippen molar-refractivity contribution in [3.8, 4) is 0 Å². The van der Waals surface area contributed by atoms with Crippen LogP contribution in [0.15, 0.2) is 69.9 Å². The summed E-state index contributed by atoms with van der Waals surface area (Å²) in [6.45, 7) is 0. The highest BCUT2D eigenvalue weighted by Crippen LogP contribution is 2.05. The Hall–Kier alpha value is -2.62. The first kappa shape index (κ1) is 14.8. The number of rotatable bonds is 8. The molecule has 4 heteroatoms. The van der Waals surface area contributed by atoms with Gasteiger partial charge in [0.25, 0.3) is 0 Å². The van der Waals surface area contributed by atoms with E-state index in [0.29, 0.717) is 11.5 Å². The van der Waals surface area contributed by atoms with Gasteiger partial charge in [0, 0.05) is 0 Å². The zero-order chi connectivity index (χ0) is 14.9. The largest absolute Gasteiger partial charge is 0.461 e. The molecule has 2 rings (SSSR count). The van der Waals surface area contributed by atoms with Crippen molar-refractivity contribution in [1.82, 2.24) is 0 Å². The van der Waals surface area contributed by atoms with Gasteiger partial charge in [-0.15, -0.1) is 0 Å². The van der Waals surface area contributed by atoms with Gasteiger partial charge < -0.3 is 8.83 Å². The Morgan fingerprint density at radius 1 is 0.857 bits per heavy atom. The van der Waals surface area contributed by atoms with E-state index >= 15 is 0 Å². The fourth-order valence-electron chi connectivity index (χ4n) is 1.74. The van der Waals surface area contributed by atoms with E-state index in [1.54, 1.807) is 24.3 Å². The van der Waals surface area contributed by atoms with Crippen LogP contribution in [-0.4, -0.2) is 11.6 Å². The van der Waals surface area contributed by atoms with E-state index in [1.165, 1.54) is 24.7 Å². The van der Waals surface area contributed by atoms with Crippen LogP contribution in [0.25, 0.3) is 0 Å². The van der Waals surface area contributed by atoms with E-state index in [9.17, 15) is 9.59 Å². The first-order valence-electron chi connectivity index (χ1n) is 6.76. The van der Waals surface area contributed by atoms with Gasteiger partial charge in [0.15, 0.2) is 11.5 Å². The van der Waals surface area contributed by atoms with Crippen LogP contribution >= 0.6 is 0 Å². The number of carbonyl (C=O) groups is 2. The van der Waals surface area contributed by atoms with Crippen molar-refractivity contribution < 1.29 is 18.4 Å². The molecule has 0 saturated heterocycles. The lowest BCUT2D eigenvalue weighted by atomic mass is 10.2. The summed E-state index contributed by atoms with van der Waals surface area (Å²) >= 11 is 0. The van der Waals surface area contributed by atoms with Gasteiger partial charge in [0.05, 0.1) is 12.5 Å². The van der Waals surface area contributed by atoms with Crippen molar-refractivity contribution in [2.45, 2.75) is 19.3 Å². The number of unbranched alkanes of at least 4 members (excludes halogenated alkanes) is 2. The van der Waals surface area contributed by atoms with E-state index in [-0.39, 0.29) is 11.6 Å². The van der Waals surface area contributed by atoms with E-state index in [0.717, 1.165) is 19.3 Å². The lowest BCUT2D eigenvalue weighted by Crippen LogP contribution is -1.90. The predicted molar refractivity (Wildman–Crippen MR) is 78.2 cm³/mol. The van der Waals surface area contributed by atoms with Gasteiger partial charge in [-0.1, -0.05) is 12.2 Å². The van der Waals surface area contributed by atoms with Gasteiger partial charge in [-0.25, -0.2) is 0 Å². The number of allylic oxidation sites excluding steroid dienone is 4. The van der Waals surface area contributed by atoms with Crippen LogP contribution in [0, 0.1) is 0 Å². The summed E-state index contributed by atoms with van der Waals surface area (Å²) < 4.78 is 9.99. The van der Waals surface area contributed by atoms with E-state index < -0.39 is 0 Å². The summed E-state index contributed by atoms with van der Waals surface area (Å²) in [5.41, 5.74) is 0. The minimum atomic E-state index is -0.136. The van der Waals surface area contributed by atoms with Crippen LogP contribution in [0.4, 0.5) is 0 Å². The van der Waals surface area contributed by atoms with Gasteiger partial charge in [0.2, 0.25) is 11.6 Å². The third-order valence-corrected chi connectivity index (χ3v) is 2.81. The molecule has 0 aliphatic heterocycles. The molecule has 0 bridgehead atoms. The second kappa shape index (κ2) is 7.85. The van der Waals surface area contributed by atoms with Gasteiger partial charge in [-0.2, -0.15) is 0 Å². The Balaban J connectivity index is 1.64. The van der Waals surface area contributed by atoms with Crippen molar-refractivity contribution in [1.29, 1.82) is 0 Å². The Kier molecular flexibility index (Phi) is 5.52. The maximum absolute atomic E-state index is 11.6. The van der Waals surface area contributed by atoms with Crippen molar-refractivity contribution in [2.75, 3.05) is 0 Å². The molecule has 0 atom stereocenters. The molecule has 0 saturated carbocycles. The van der Waals surface area contributed by atoms with Crippen molar-refractivity contribution in [3.63, 3.8) is 0 Å². The van der Waals surface area contributed by atoms with Crippen molar-refractivity contribution in [2.24, 2.45) is 0 Å². The Labute approximate surface area is 122 Å². The van der Waals surface area contributed by atoms with E-state index in [1.807, 2.05) is 12.2 Å². The molecule has 0 fully saturated rings. The number of hydrogen-bond acceptors (Lipinski definition) is 4. The highest BCUT2D eigenvalue weighted by Gasteiger charge is 2.03. The van der Waals surface area contributed by atoms with Gasteiger partial charge in [-0.05, 0) is 55.7 Å². The number of carbonyl (C=O) groups excluding carboxylic acids is 2. The molecule has 0 radical (unpaired) electrons. The molecular weight excluding hydrogens is 268 g/mol. The topological polar surface area (TPSA) is 60.4 Å². The normalized spacial score (nSPS) is 11.4. The highest BCUT2D eigenvalue weighted by molar-refractivity contribution is 6.02. The minimum Gasteiger partial charge on any atom is -0.461 e. The summed E-state index contributed by atoms with van der Waals surface area (Å²) in [6, 6.07) is 6.63. The number of ketones is 2. The third-order valence-electron chi connectivity index (χ3n) is 2.81. The lowest BCUT2D eigenvalue weighted by molar-refractivity contribution is 0.101. The fourth-order valence-corrected chi connectivity index (χ4v) is 1.74. The second-order valence-electron chi connectivity index (χ2n) is 4.42. The lowest BCUT2D eigenvalue weighted by Gasteiger charge is -1.91. The molecule has 0 amide bonds.